The number of amides is 1. The van der Waals surface area contributed by atoms with Crippen LogP contribution in [0, 0.1) is 22.5 Å². The number of amidine groups is 2. The molecule has 0 radical (unpaired) electrons. The molecule has 0 bridgehead atoms. The van der Waals surface area contributed by atoms with Crippen molar-refractivity contribution in [2.24, 2.45) is 5.73 Å². The molecule has 5 rings (SSSR count). The Kier molecular flexibility index (Phi) is 7.96. The van der Waals surface area contributed by atoms with E-state index in [1.54, 1.807) is 43.3 Å². The van der Waals surface area contributed by atoms with Crippen molar-refractivity contribution in [2.45, 2.75) is 32.4 Å². The Labute approximate surface area is 237 Å². The number of fused-ring (bicyclic) bond motifs is 1. The fourth-order valence-corrected chi connectivity index (χ4v) is 5.07. The number of halogens is 2. The van der Waals surface area contributed by atoms with Gasteiger partial charge in [-0.15, -0.1) is 0 Å². The third-order valence-corrected chi connectivity index (χ3v) is 7.35. The number of ether oxygens (including phenoxy) is 1. The van der Waals surface area contributed by atoms with Gasteiger partial charge in [0.1, 0.15) is 34.9 Å². The molecule has 4 aromatic rings. The summed E-state index contributed by atoms with van der Waals surface area (Å²) in [6, 6.07) is 21.3. The zero-order chi connectivity index (χ0) is 29.1. The van der Waals surface area contributed by atoms with Gasteiger partial charge in [0, 0.05) is 37.2 Å². The van der Waals surface area contributed by atoms with E-state index in [9.17, 15) is 13.6 Å². The molecule has 0 aliphatic carbocycles. The summed E-state index contributed by atoms with van der Waals surface area (Å²) >= 11 is 0. The van der Waals surface area contributed by atoms with Gasteiger partial charge >= 0.3 is 0 Å². The molecule has 0 aromatic heterocycles. The van der Waals surface area contributed by atoms with Gasteiger partial charge in [0.15, 0.2) is 0 Å². The summed E-state index contributed by atoms with van der Waals surface area (Å²) in [5.74, 6) is -1.55. The van der Waals surface area contributed by atoms with Gasteiger partial charge in [-0.25, -0.2) is 8.78 Å². The molecule has 0 saturated carbocycles. The second kappa shape index (κ2) is 11.8. The van der Waals surface area contributed by atoms with Crippen LogP contribution in [0.4, 0.5) is 14.5 Å². The molecule has 7 nitrogen and oxygen atoms in total. The zero-order valence-corrected chi connectivity index (χ0v) is 22.7. The maximum absolute atomic E-state index is 14.7. The minimum absolute atomic E-state index is 0.0131. The fraction of sp³-hybridized carbons (Fsp3) is 0.219. The van der Waals surface area contributed by atoms with Crippen molar-refractivity contribution in [2.75, 3.05) is 18.0 Å². The summed E-state index contributed by atoms with van der Waals surface area (Å²) in [5, 5.41) is 17.3. The third kappa shape index (κ3) is 6.19. The van der Waals surface area contributed by atoms with Crippen molar-refractivity contribution < 1.29 is 18.3 Å². The molecule has 1 fully saturated rings. The highest BCUT2D eigenvalue weighted by molar-refractivity contribution is 6.06. The number of carbonyl (C=O) groups excluding carboxylic acids is 1. The summed E-state index contributed by atoms with van der Waals surface area (Å²) in [6.45, 7) is 3.35. The first-order chi connectivity index (χ1) is 19.7. The quantitative estimate of drug-likeness (QED) is 0.190. The average molecular weight is 556 g/mol. The Balaban J connectivity index is 1.43. The van der Waals surface area contributed by atoms with Crippen molar-refractivity contribution in [1.29, 1.82) is 10.8 Å². The Morgan fingerprint density at radius 2 is 1.61 bits per heavy atom. The van der Waals surface area contributed by atoms with Crippen molar-refractivity contribution in [1.82, 2.24) is 4.90 Å². The number of carbonyl (C=O) groups is 1. The molecule has 0 unspecified atom stereocenters. The van der Waals surface area contributed by atoms with E-state index in [0.29, 0.717) is 22.8 Å². The lowest BCUT2D eigenvalue weighted by molar-refractivity contribution is 0.0976. The van der Waals surface area contributed by atoms with Crippen LogP contribution in [0.15, 0.2) is 78.9 Å². The van der Waals surface area contributed by atoms with Crippen LogP contribution in [-0.2, 0) is 6.54 Å². The first kappa shape index (κ1) is 27.8. The first-order valence-corrected chi connectivity index (χ1v) is 13.4. The second-order valence-corrected chi connectivity index (χ2v) is 10.2. The van der Waals surface area contributed by atoms with Gasteiger partial charge in [0.05, 0.1) is 12.4 Å². The van der Waals surface area contributed by atoms with Crippen molar-refractivity contribution >= 4 is 34.0 Å². The number of anilines is 1. The van der Waals surface area contributed by atoms with E-state index in [-0.39, 0.29) is 18.5 Å². The molecule has 0 spiro atoms. The highest BCUT2D eigenvalue weighted by Crippen LogP contribution is 2.28. The SMILES string of the molecule is CC(=N)N1CCC(Oc2ccc(N(Cc3ccc4ccc(C(=N)N)cc4c3)C(=O)c3c(F)cccc3F)cc2)CC1. The summed E-state index contributed by atoms with van der Waals surface area (Å²) in [6.07, 6.45) is 1.60. The van der Waals surface area contributed by atoms with E-state index in [2.05, 4.69) is 0 Å². The highest BCUT2D eigenvalue weighted by atomic mass is 19.1. The van der Waals surface area contributed by atoms with Crippen LogP contribution in [0.3, 0.4) is 0 Å². The smallest absolute Gasteiger partial charge is 0.264 e. The van der Waals surface area contributed by atoms with E-state index in [1.165, 1.54) is 11.0 Å². The molecule has 0 atom stereocenters. The molecule has 1 aliphatic rings. The number of nitrogens with one attached hydrogen (secondary N) is 2. The summed E-state index contributed by atoms with van der Waals surface area (Å²) in [7, 11) is 0. The van der Waals surface area contributed by atoms with Gasteiger partial charge < -0.3 is 20.3 Å². The number of nitrogen functional groups attached to an aromatic ring is 1. The van der Waals surface area contributed by atoms with Gasteiger partial charge in [-0.05, 0) is 71.8 Å². The maximum atomic E-state index is 14.7. The van der Waals surface area contributed by atoms with E-state index < -0.39 is 23.1 Å². The van der Waals surface area contributed by atoms with Crippen molar-refractivity contribution in [3.63, 3.8) is 0 Å². The Morgan fingerprint density at radius 3 is 2.24 bits per heavy atom. The summed E-state index contributed by atoms with van der Waals surface area (Å²) in [5.41, 5.74) is 6.80. The second-order valence-electron chi connectivity index (χ2n) is 10.2. The molecule has 4 N–H and O–H groups in total. The molecule has 41 heavy (non-hydrogen) atoms. The first-order valence-electron chi connectivity index (χ1n) is 13.4. The minimum atomic E-state index is -0.934. The standard InChI is InChI=1S/C32H31F2N5O2/c1-20(35)38-15-13-27(14-16-38)41-26-11-9-25(10-12-26)39(32(40)30-28(33)3-2-4-29(30)34)19-21-5-6-22-7-8-23(31(36)37)18-24(22)17-21/h2-12,17-18,27,35H,13-16,19H2,1H3,(H3,36,37). The molecule has 1 aliphatic heterocycles. The van der Waals surface area contributed by atoms with Crippen LogP contribution in [0.25, 0.3) is 10.8 Å². The summed E-state index contributed by atoms with van der Waals surface area (Å²) in [4.78, 5) is 17.0. The van der Waals surface area contributed by atoms with Crippen LogP contribution in [0.1, 0.15) is 41.3 Å². The molecular weight excluding hydrogens is 524 g/mol. The van der Waals surface area contributed by atoms with Crippen LogP contribution < -0.4 is 15.4 Å². The fourth-order valence-electron chi connectivity index (χ4n) is 5.07. The normalized spacial score (nSPS) is 13.7. The van der Waals surface area contributed by atoms with Gasteiger partial charge in [-0.1, -0.05) is 30.3 Å². The summed E-state index contributed by atoms with van der Waals surface area (Å²) < 4.78 is 35.5. The van der Waals surface area contributed by atoms with Crippen LogP contribution in [0.2, 0.25) is 0 Å². The van der Waals surface area contributed by atoms with Gasteiger partial charge in [0.2, 0.25) is 0 Å². The largest absolute Gasteiger partial charge is 0.490 e. The van der Waals surface area contributed by atoms with Crippen molar-refractivity contribution in [3.8, 4) is 5.75 Å². The predicted molar refractivity (Wildman–Crippen MR) is 157 cm³/mol. The zero-order valence-electron chi connectivity index (χ0n) is 22.7. The third-order valence-electron chi connectivity index (χ3n) is 7.35. The maximum Gasteiger partial charge on any atom is 0.264 e. The number of nitrogens with zero attached hydrogens (tertiary/aromatic N) is 2. The monoisotopic (exact) mass is 555 g/mol. The number of likely N-dealkylation sites (tertiary alicyclic amines) is 1. The van der Waals surface area contributed by atoms with E-state index >= 15 is 0 Å². The Hall–Kier alpha value is -4.79. The number of piperidine rings is 1. The van der Waals surface area contributed by atoms with Gasteiger partial charge in [-0.2, -0.15) is 0 Å². The molecule has 1 saturated heterocycles. The lowest BCUT2D eigenvalue weighted by Crippen LogP contribution is -2.40. The minimum Gasteiger partial charge on any atom is -0.490 e. The molecule has 1 amide bonds. The van der Waals surface area contributed by atoms with Crippen LogP contribution in [-0.4, -0.2) is 41.7 Å². The Bertz CT molecular complexity index is 1590. The van der Waals surface area contributed by atoms with Gasteiger partial charge in [0.25, 0.3) is 5.91 Å². The molecule has 4 aromatic carbocycles. The van der Waals surface area contributed by atoms with E-state index in [1.807, 2.05) is 29.2 Å². The Morgan fingerprint density at radius 1 is 0.951 bits per heavy atom. The lowest BCUT2D eigenvalue weighted by Gasteiger charge is -2.33. The number of rotatable bonds is 7. The number of nitrogens with two attached hydrogens (primary N) is 1. The average Bonchev–Trinajstić information content (AvgIpc) is 2.96. The molecule has 9 heteroatoms. The lowest BCUT2D eigenvalue weighted by atomic mass is 10.0. The van der Waals surface area contributed by atoms with E-state index in [0.717, 1.165) is 54.4 Å². The van der Waals surface area contributed by atoms with Crippen LogP contribution in [0.5, 0.6) is 5.75 Å². The van der Waals surface area contributed by atoms with E-state index in [4.69, 9.17) is 21.3 Å². The van der Waals surface area contributed by atoms with Crippen LogP contribution >= 0.6 is 0 Å². The topological polar surface area (TPSA) is 106 Å². The van der Waals surface area contributed by atoms with Gasteiger partial charge in [-0.3, -0.25) is 15.6 Å². The number of benzene rings is 4. The number of hydrogen-bond donors (Lipinski definition) is 3. The molecule has 1 heterocycles. The van der Waals surface area contributed by atoms with Crippen molar-refractivity contribution in [3.05, 3.63) is 107 Å². The molecule has 210 valence electrons. The highest BCUT2D eigenvalue weighted by Gasteiger charge is 2.25. The number of hydrogen-bond acceptors (Lipinski definition) is 4. The molecular formula is C32H31F2N5O2. The predicted octanol–water partition coefficient (Wildman–Crippen LogP) is 6.09.